The number of nitrogens with one attached hydrogen (secondary N) is 2. The molecule has 0 aromatic heterocycles. The van der Waals surface area contributed by atoms with Gasteiger partial charge in [-0.1, -0.05) is 82.2 Å². The Kier molecular flexibility index (Phi) is 11.5. The minimum absolute atomic E-state index is 0.0319. The zero-order valence-corrected chi connectivity index (χ0v) is 28.5. The van der Waals surface area contributed by atoms with E-state index < -0.39 is 27.4 Å². The third kappa shape index (κ3) is 8.47. The highest BCUT2D eigenvalue weighted by molar-refractivity contribution is 9.10. The summed E-state index contributed by atoms with van der Waals surface area (Å²) in [5.74, 6) is -0.0326. The number of aliphatic hydroxyl groups excluding tert-OH is 1. The Morgan fingerprint density at radius 2 is 1.68 bits per heavy atom. The van der Waals surface area contributed by atoms with Crippen LogP contribution < -0.4 is 15.6 Å². The van der Waals surface area contributed by atoms with Crippen molar-refractivity contribution in [1.82, 2.24) is 10.9 Å². The van der Waals surface area contributed by atoms with Gasteiger partial charge < -0.3 is 14.6 Å². The fraction of sp³-hybridized carbons (Fsp3) is 0.278. The Labute approximate surface area is 284 Å². The van der Waals surface area contributed by atoms with E-state index in [9.17, 15) is 13.2 Å². The summed E-state index contributed by atoms with van der Waals surface area (Å²) in [5.41, 5.74) is 7.75. The van der Waals surface area contributed by atoms with Crippen LogP contribution in [0.25, 0.3) is 0 Å². The molecular weight excluding hydrogens is 682 g/mol. The van der Waals surface area contributed by atoms with Crippen LogP contribution in [0.1, 0.15) is 41.2 Å². The van der Waals surface area contributed by atoms with Gasteiger partial charge in [-0.25, -0.2) is 18.8 Å². The fourth-order valence-corrected chi connectivity index (χ4v) is 7.16. The normalized spacial score (nSPS) is 17.5. The third-order valence-electron chi connectivity index (χ3n) is 7.93. The van der Waals surface area contributed by atoms with Crippen molar-refractivity contribution in [3.63, 3.8) is 0 Å². The molecule has 0 spiro atoms. The molecule has 4 aromatic carbocycles. The second kappa shape index (κ2) is 15.7. The van der Waals surface area contributed by atoms with Crippen LogP contribution in [0.2, 0.25) is 0 Å². The predicted molar refractivity (Wildman–Crippen MR) is 185 cm³/mol. The minimum Gasteiger partial charge on any atom is -0.494 e. The smallest absolute Gasteiger partial charge is 0.266 e. The summed E-state index contributed by atoms with van der Waals surface area (Å²) < 4.78 is 39.9. The Morgan fingerprint density at radius 1 is 0.979 bits per heavy atom. The van der Waals surface area contributed by atoms with E-state index in [0.717, 1.165) is 5.56 Å². The largest absolute Gasteiger partial charge is 0.494 e. The molecule has 47 heavy (non-hydrogen) atoms. The van der Waals surface area contributed by atoms with Gasteiger partial charge in [0.1, 0.15) is 5.75 Å². The first-order valence-corrected chi connectivity index (χ1v) is 17.9. The first-order valence-electron chi connectivity index (χ1n) is 15.4. The van der Waals surface area contributed by atoms with Gasteiger partial charge in [-0.3, -0.25) is 10.2 Å². The molecule has 2 atom stereocenters. The number of amides is 1. The SMILES string of the molecule is Cc1ccc(CCNNC(=O)[C@@]2(CCS(=O)(=O)c3ccccc3)N=C(c3ccc(OCCCO)cc3)O[C@H]2c2ccccc2Br)cc1. The molecule has 0 saturated carbocycles. The van der Waals surface area contributed by atoms with Crippen LogP contribution in [-0.2, 0) is 25.8 Å². The van der Waals surface area contributed by atoms with Gasteiger partial charge in [0.15, 0.2) is 21.5 Å². The van der Waals surface area contributed by atoms with E-state index >= 15 is 0 Å². The van der Waals surface area contributed by atoms with Crippen molar-refractivity contribution in [2.24, 2.45) is 4.99 Å². The monoisotopic (exact) mass is 719 g/mol. The molecule has 0 fully saturated rings. The molecule has 0 radical (unpaired) electrons. The molecule has 3 N–H and O–H groups in total. The van der Waals surface area contributed by atoms with Crippen LogP contribution in [0.4, 0.5) is 0 Å². The van der Waals surface area contributed by atoms with Crippen LogP contribution in [0, 0.1) is 6.92 Å². The number of halogens is 1. The lowest BCUT2D eigenvalue weighted by Crippen LogP contribution is -2.53. The topological polar surface area (TPSA) is 126 Å². The Morgan fingerprint density at radius 3 is 2.38 bits per heavy atom. The van der Waals surface area contributed by atoms with E-state index in [1.807, 2.05) is 55.5 Å². The number of aliphatic imine (C=N–C) groups is 1. The van der Waals surface area contributed by atoms with E-state index in [2.05, 4.69) is 26.8 Å². The Balaban J connectivity index is 1.48. The number of rotatable bonds is 15. The van der Waals surface area contributed by atoms with Crippen molar-refractivity contribution in [3.8, 4) is 5.75 Å². The van der Waals surface area contributed by atoms with Crippen LogP contribution in [0.15, 0.2) is 117 Å². The molecule has 9 nitrogen and oxygen atoms in total. The standard InChI is InChI=1S/C36H38BrN3O6S/c1-26-12-14-27(15-13-26)20-22-38-40-35(42)36(21-25-47(43,44)30-8-3-2-4-9-30)33(31-10-5-6-11-32(31)37)46-34(39-36)28-16-18-29(19-17-28)45-24-7-23-41/h2-6,8-19,33,38,41H,7,20-25H2,1H3,(H,40,42)/t33-,36-/m0/s1. The van der Waals surface area contributed by atoms with E-state index in [1.165, 1.54) is 5.56 Å². The molecule has 0 unspecified atom stereocenters. The van der Waals surface area contributed by atoms with Gasteiger partial charge in [-0.2, -0.15) is 0 Å². The number of hydrazine groups is 1. The molecule has 1 amide bonds. The van der Waals surface area contributed by atoms with Gasteiger partial charge in [0, 0.05) is 41.6 Å². The number of carbonyl (C=O) groups excluding carboxylic acids is 1. The third-order valence-corrected chi connectivity index (χ3v) is 10.4. The van der Waals surface area contributed by atoms with E-state index in [1.54, 1.807) is 54.6 Å². The quantitative estimate of drug-likeness (QED) is 0.109. The number of aliphatic hydroxyl groups is 1. The molecule has 0 saturated heterocycles. The second-order valence-corrected chi connectivity index (χ2v) is 14.3. The summed E-state index contributed by atoms with van der Waals surface area (Å²) in [6.45, 7) is 2.88. The van der Waals surface area contributed by atoms with Crippen molar-refractivity contribution in [2.75, 3.05) is 25.5 Å². The van der Waals surface area contributed by atoms with Crippen molar-refractivity contribution < 1.29 is 27.8 Å². The fourth-order valence-electron chi connectivity index (χ4n) is 5.28. The lowest BCUT2D eigenvalue weighted by molar-refractivity contribution is -0.130. The maximum atomic E-state index is 14.3. The number of carbonyl (C=O) groups is 1. The second-order valence-electron chi connectivity index (χ2n) is 11.3. The van der Waals surface area contributed by atoms with Gasteiger partial charge in [0.25, 0.3) is 5.91 Å². The Hall–Kier alpha value is -4.03. The molecule has 4 aromatic rings. The molecule has 0 aliphatic carbocycles. The first-order chi connectivity index (χ1) is 22.7. The molecule has 11 heteroatoms. The number of sulfone groups is 1. The van der Waals surface area contributed by atoms with Crippen LogP contribution in [0.3, 0.4) is 0 Å². The van der Waals surface area contributed by atoms with Crippen molar-refractivity contribution in [3.05, 3.63) is 130 Å². The molecule has 1 heterocycles. The average Bonchev–Trinajstić information content (AvgIpc) is 3.48. The number of hydrogen-bond donors (Lipinski definition) is 3. The highest BCUT2D eigenvalue weighted by atomic mass is 79.9. The lowest BCUT2D eigenvalue weighted by Gasteiger charge is -2.31. The van der Waals surface area contributed by atoms with E-state index in [4.69, 9.17) is 19.6 Å². The summed E-state index contributed by atoms with van der Waals surface area (Å²) >= 11 is 3.61. The summed E-state index contributed by atoms with van der Waals surface area (Å²) in [7, 11) is -3.77. The Bertz CT molecular complexity index is 1780. The molecule has 0 bridgehead atoms. The maximum absolute atomic E-state index is 14.3. The number of nitrogens with zero attached hydrogens (tertiary/aromatic N) is 1. The first kappa shape index (κ1) is 34.3. The number of hydrogen-bond acceptors (Lipinski definition) is 8. The zero-order valence-electron chi connectivity index (χ0n) is 26.1. The van der Waals surface area contributed by atoms with Crippen LogP contribution in [-0.4, -0.2) is 56.4 Å². The van der Waals surface area contributed by atoms with Crippen LogP contribution >= 0.6 is 15.9 Å². The zero-order chi connectivity index (χ0) is 33.3. The molecule has 246 valence electrons. The highest BCUT2D eigenvalue weighted by Crippen LogP contribution is 2.45. The van der Waals surface area contributed by atoms with Crippen molar-refractivity contribution >= 4 is 37.6 Å². The number of aryl methyl sites for hydroxylation is 1. The van der Waals surface area contributed by atoms with E-state index in [0.29, 0.717) is 47.3 Å². The van der Waals surface area contributed by atoms with Gasteiger partial charge in [0.05, 0.1) is 17.3 Å². The van der Waals surface area contributed by atoms with Crippen LogP contribution in [0.5, 0.6) is 5.75 Å². The highest BCUT2D eigenvalue weighted by Gasteiger charge is 2.54. The molecule has 1 aliphatic rings. The molecule has 5 rings (SSSR count). The van der Waals surface area contributed by atoms with Gasteiger partial charge in [-0.15, -0.1) is 0 Å². The van der Waals surface area contributed by atoms with Crippen molar-refractivity contribution in [1.29, 1.82) is 0 Å². The number of ether oxygens (including phenoxy) is 2. The molecule has 1 aliphatic heterocycles. The lowest BCUT2D eigenvalue weighted by atomic mass is 9.85. The van der Waals surface area contributed by atoms with Gasteiger partial charge >= 0.3 is 0 Å². The summed E-state index contributed by atoms with van der Waals surface area (Å²) in [6, 6.07) is 30.8. The summed E-state index contributed by atoms with van der Waals surface area (Å²) in [5, 5.41) is 9.06. The predicted octanol–water partition coefficient (Wildman–Crippen LogP) is 5.50. The van der Waals surface area contributed by atoms with Crippen molar-refractivity contribution in [2.45, 2.75) is 42.7 Å². The van der Waals surface area contributed by atoms with E-state index in [-0.39, 0.29) is 29.6 Å². The number of benzene rings is 4. The van der Waals surface area contributed by atoms with Gasteiger partial charge in [-0.05, 0) is 61.4 Å². The summed E-state index contributed by atoms with van der Waals surface area (Å²) in [6.07, 6.45) is 0.0845. The van der Waals surface area contributed by atoms with Gasteiger partial charge in [0.2, 0.25) is 5.90 Å². The average molecular weight is 721 g/mol. The molecular formula is C36H38BrN3O6S. The minimum atomic E-state index is -3.77. The summed E-state index contributed by atoms with van der Waals surface area (Å²) in [4.78, 5) is 19.4. The maximum Gasteiger partial charge on any atom is 0.266 e.